The number of likely N-dealkylation sites (tertiary alicyclic amines) is 1. The largest absolute Gasteiger partial charge is 0.336 e. The van der Waals surface area contributed by atoms with Crippen LogP contribution < -0.4 is 5.73 Å². The normalized spacial score (nSPS) is 19.6. The van der Waals surface area contributed by atoms with Gasteiger partial charge in [-0.15, -0.1) is 24.2 Å². The van der Waals surface area contributed by atoms with Crippen LogP contribution in [0.5, 0.6) is 0 Å². The molecule has 2 aromatic carbocycles. The fraction of sp³-hybridized carbons (Fsp3) is 0.316. The monoisotopic (exact) mass is 396 g/mol. The number of benzene rings is 2. The second-order valence-electron chi connectivity index (χ2n) is 5.96. The molecule has 0 aliphatic carbocycles. The van der Waals surface area contributed by atoms with E-state index in [4.69, 9.17) is 17.3 Å². The minimum Gasteiger partial charge on any atom is -0.336 e. The van der Waals surface area contributed by atoms with Gasteiger partial charge in [0.05, 0.1) is 5.56 Å². The number of hydrogen-bond donors (Lipinski definition) is 1. The number of nitrogens with zero attached hydrogens (tertiary/aromatic N) is 1. The van der Waals surface area contributed by atoms with Crippen molar-refractivity contribution >= 4 is 41.7 Å². The van der Waals surface area contributed by atoms with Gasteiger partial charge in [-0.2, -0.15) is 0 Å². The predicted molar refractivity (Wildman–Crippen MR) is 108 cm³/mol. The number of rotatable bonds is 4. The van der Waals surface area contributed by atoms with Crippen LogP contribution in [0, 0.1) is 0 Å². The topological polar surface area (TPSA) is 46.3 Å². The zero-order chi connectivity index (χ0) is 17.1. The van der Waals surface area contributed by atoms with Crippen LogP contribution in [0.2, 0.25) is 5.02 Å². The Morgan fingerprint density at radius 3 is 2.64 bits per heavy atom. The molecule has 3 rings (SSSR count). The van der Waals surface area contributed by atoms with Gasteiger partial charge in [-0.3, -0.25) is 4.79 Å². The molecule has 3 nitrogen and oxygen atoms in total. The highest BCUT2D eigenvalue weighted by molar-refractivity contribution is 7.99. The van der Waals surface area contributed by atoms with Crippen LogP contribution in [0.1, 0.15) is 28.8 Å². The summed E-state index contributed by atoms with van der Waals surface area (Å²) in [6, 6.07) is 15.7. The van der Waals surface area contributed by atoms with Gasteiger partial charge >= 0.3 is 0 Å². The molecule has 0 saturated carbocycles. The molecule has 0 bridgehead atoms. The molecule has 1 aliphatic rings. The van der Waals surface area contributed by atoms with Crippen LogP contribution in [0.3, 0.4) is 0 Å². The van der Waals surface area contributed by atoms with Gasteiger partial charge in [0.15, 0.2) is 0 Å². The first-order valence-electron chi connectivity index (χ1n) is 8.12. The molecule has 0 unspecified atom stereocenters. The van der Waals surface area contributed by atoms with Crippen LogP contribution in [-0.4, -0.2) is 35.7 Å². The van der Waals surface area contributed by atoms with Crippen molar-refractivity contribution in [2.75, 3.05) is 18.8 Å². The summed E-state index contributed by atoms with van der Waals surface area (Å²) in [7, 11) is 0. The summed E-state index contributed by atoms with van der Waals surface area (Å²) in [5.74, 6) is 1.10. The van der Waals surface area contributed by atoms with Gasteiger partial charge in [-0.05, 0) is 29.5 Å². The van der Waals surface area contributed by atoms with E-state index in [1.807, 2.05) is 35.2 Å². The highest BCUT2D eigenvalue weighted by atomic mass is 35.5. The van der Waals surface area contributed by atoms with E-state index in [1.165, 1.54) is 5.56 Å². The quantitative estimate of drug-likeness (QED) is 0.776. The lowest BCUT2D eigenvalue weighted by molar-refractivity contribution is 0.0785. The van der Waals surface area contributed by atoms with E-state index in [9.17, 15) is 4.79 Å². The van der Waals surface area contributed by atoms with Crippen molar-refractivity contribution in [3.8, 4) is 0 Å². The molecule has 1 saturated heterocycles. The van der Waals surface area contributed by atoms with E-state index in [0.29, 0.717) is 23.7 Å². The van der Waals surface area contributed by atoms with E-state index < -0.39 is 0 Å². The first-order valence-corrected chi connectivity index (χ1v) is 9.48. The Kier molecular flexibility index (Phi) is 7.20. The minimum atomic E-state index is -0.0437. The van der Waals surface area contributed by atoms with Crippen molar-refractivity contribution in [1.29, 1.82) is 0 Å². The van der Waals surface area contributed by atoms with Gasteiger partial charge in [-0.25, -0.2) is 0 Å². The number of nitrogens with two attached hydrogens (primary N) is 1. The van der Waals surface area contributed by atoms with Crippen LogP contribution >= 0.6 is 35.8 Å². The van der Waals surface area contributed by atoms with Crippen molar-refractivity contribution in [1.82, 2.24) is 4.90 Å². The molecule has 0 spiro atoms. The van der Waals surface area contributed by atoms with Gasteiger partial charge in [-0.1, -0.05) is 48.9 Å². The molecule has 134 valence electrons. The van der Waals surface area contributed by atoms with Crippen LogP contribution in [0.15, 0.2) is 53.4 Å². The highest BCUT2D eigenvalue weighted by Gasteiger charge is 2.34. The lowest BCUT2D eigenvalue weighted by Crippen LogP contribution is -2.32. The molecule has 1 aliphatic heterocycles. The average Bonchev–Trinajstić information content (AvgIpc) is 2.98. The fourth-order valence-corrected chi connectivity index (χ4v) is 4.12. The van der Waals surface area contributed by atoms with Crippen molar-refractivity contribution in [3.63, 3.8) is 0 Å². The molecule has 1 heterocycles. The second kappa shape index (κ2) is 8.95. The summed E-state index contributed by atoms with van der Waals surface area (Å²) in [5.41, 5.74) is 8.18. The lowest BCUT2D eigenvalue weighted by atomic mass is 9.95. The van der Waals surface area contributed by atoms with Crippen molar-refractivity contribution in [3.05, 3.63) is 64.7 Å². The SMILES string of the molecule is CCSc1ccc(Cl)cc1C(=O)N1C[C@@H](N)[C@H](c2ccccc2)C1.Cl. The van der Waals surface area contributed by atoms with E-state index in [2.05, 4.69) is 19.1 Å². The molecular formula is C19H22Cl2N2OS. The third-order valence-electron chi connectivity index (χ3n) is 4.35. The molecule has 25 heavy (non-hydrogen) atoms. The molecule has 0 aromatic heterocycles. The lowest BCUT2D eigenvalue weighted by Gasteiger charge is -2.18. The van der Waals surface area contributed by atoms with Gasteiger partial charge in [0.2, 0.25) is 0 Å². The molecule has 2 atom stereocenters. The predicted octanol–water partition coefficient (Wildman–Crippen LogP) is 4.44. The maximum Gasteiger partial charge on any atom is 0.255 e. The van der Waals surface area contributed by atoms with Gasteiger partial charge < -0.3 is 10.6 Å². The van der Waals surface area contributed by atoms with Gasteiger partial charge in [0.1, 0.15) is 0 Å². The summed E-state index contributed by atoms with van der Waals surface area (Å²) >= 11 is 7.77. The average molecular weight is 397 g/mol. The summed E-state index contributed by atoms with van der Waals surface area (Å²) < 4.78 is 0. The van der Waals surface area contributed by atoms with Crippen LogP contribution in [0.25, 0.3) is 0 Å². The zero-order valence-electron chi connectivity index (χ0n) is 14.0. The Morgan fingerprint density at radius 2 is 1.96 bits per heavy atom. The molecule has 2 aromatic rings. The summed E-state index contributed by atoms with van der Waals surface area (Å²) in [4.78, 5) is 15.8. The first kappa shape index (κ1) is 20.1. The van der Waals surface area contributed by atoms with Crippen molar-refractivity contribution < 1.29 is 4.79 Å². The summed E-state index contributed by atoms with van der Waals surface area (Å²) in [6.45, 7) is 3.29. The number of carbonyl (C=O) groups excluding carboxylic acids is 1. The van der Waals surface area contributed by atoms with E-state index in [0.717, 1.165) is 10.6 Å². The van der Waals surface area contributed by atoms with E-state index in [-0.39, 0.29) is 30.3 Å². The third kappa shape index (κ3) is 4.50. The Bertz CT molecular complexity index is 727. The van der Waals surface area contributed by atoms with Gasteiger partial charge in [0.25, 0.3) is 5.91 Å². The molecule has 1 amide bonds. The number of amides is 1. The molecule has 0 radical (unpaired) electrons. The van der Waals surface area contributed by atoms with E-state index >= 15 is 0 Å². The van der Waals surface area contributed by atoms with Gasteiger partial charge in [0, 0.05) is 35.0 Å². The number of thioether (sulfide) groups is 1. The molecule has 6 heteroatoms. The maximum atomic E-state index is 13.0. The summed E-state index contributed by atoms with van der Waals surface area (Å²) in [6.07, 6.45) is 0. The highest BCUT2D eigenvalue weighted by Crippen LogP contribution is 2.31. The smallest absolute Gasteiger partial charge is 0.255 e. The molecular weight excluding hydrogens is 375 g/mol. The number of hydrogen-bond acceptors (Lipinski definition) is 3. The van der Waals surface area contributed by atoms with Crippen LogP contribution in [0.4, 0.5) is 0 Å². The Hall–Kier alpha value is -1.20. The third-order valence-corrected chi connectivity index (χ3v) is 5.54. The fourth-order valence-electron chi connectivity index (χ4n) is 3.17. The van der Waals surface area contributed by atoms with Crippen molar-refractivity contribution in [2.45, 2.75) is 23.8 Å². The Balaban J connectivity index is 0.00000225. The number of carbonyl (C=O) groups is 1. The summed E-state index contributed by atoms with van der Waals surface area (Å²) in [5, 5.41) is 0.585. The first-order chi connectivity index (χ1) is 11.6. The number of halogens is 2. The minimum absolute atomic E-state index is 0. The maximum absolute atomic E-state index is 13.0. The standard InChI is InChI=1S/C19H21ClN2OS.ClH/c1-2-24-18-9-8-14(20)10-15(18)19(23)22-11-16(17(21)12-22)13-6-4-3-5-7-13;/h3-10,16-17H,2,11-12,21H2,1H3;1H/t16-,17+;/m0./s1. The Morgan fingerprint density at radius 1 is 1.24 bits per heavy atom. The zero-order valence-corrected chi connectivity index (χ0v) is 16.4. The second-order valence-corrected chi connectivity index (χ2v) is 7.71. The van der Waals surface area contributed by atoms with Crippen molar-refractivity contribution in [2.24, 2.45) is 5.73 Å². The van der Waals surface area contributed by atoms with E-state index in [1.54, 1.807) is 17.8 Å². The van der Waals surface area contributed by atoms with Crippen LogP contribution in [-0.2, 0) is 0 Å². The molecule has 2 N–H and O–H groups in total. The Labute approximate surface area is 164 Å². The molecule has 1 fully saturated rings.